The van der Waals surface area contributed by atoms with Crippen LogP contribution in [-0.2, 0) is 17.7 Å². The first-order chi connectivity index (χ1) is 15.5. The van der Waals surface area contributed by atoms with Crippen LogP contribution in [0.2, 0.25) is 0 Å². The lowest BCUT2D eigenvalue weighted by Crippen LogP contribution is -2.39. The van der Waals surface area contributed by atoms with Crippen LogP contribution in [0.25, 0.3) is 16.9 Å². The molecule has 5 rings (SSSR count). The number of ether oxygens (including phenoxy) is 1. The molecule has 0 saturated heterocycles. The van der Waals surface area contributed by atoms with Gasteiger partial charge in [0.05, 0.1) is 17.8 Å². The maximum atomic E-state index is 14.2. The monoisotopic (exact) mass is 432 g/mol. The van der Waals surface area contributed by atoms with Crippen LogP contribution in [0.1, 0.15) is 21.6 Å². The van der Waals surface area contributed by atoms with Crippen LogP contribution in [0.3, 0.4) is 0 Å². The summed E-state index contributed by atoms with van der Waals surface area (Å²) in [5, 5.41) is 0. The fourth-order valence-electron chi connectivity index (χ4n) is 3.78. The molecule has 0 bridgehead atoms. The smallest absolute Gasteiger partial charge is 0.372 e. The van der Waals surface area contributed by atoms with E-state index in [1.54, 1.807) is 48.5 Å². The van der Waals surface area contributed by atoms with E-state index >= 15 is 0 Å². The van der Waals surface area contributed by atoms with Crippen molar-refractivity contribution in [1.29, 1.82) is 0 Å². The number of halogens is 1. The van der Waals surface area contributed by atoms with E-state index in [1.807, 2.05) is 0 Å². The molecule has 2 aromatic heterocycles. The first-order valence-corrected chi connectivity index (χ1v) is 9.95. The van der Waals surface area contributed by atoms with Crippen LogP contribution < -0.4 is 5.69 Å². The number of carbonyl (C=O) groups is 2. The highest BCUT2D eigenvalue weighted by Gasteiger charge is 2.28. The van der Waals surface area contributed by atoms with Gasteiger partial charge in [-0.05, 0) is 24.3 Å². The molecule has 0 aliphatic carbocycles. The first kappa shape index (κ1) is 19.7. The molecule has 9 heteroatoms. The van der Waals surface area contributed by atoms with Gasteiger partial charge in [0.25, 0.3) is 0 Å². The van der Waals surface area contributed by atoms with E-state index in [0.29, 0.717) is 29.0 Å². The Labute approximate surface area is 180 Å². The fraction of sp³-hybridized carbons (Fsp3) is 0.130. The van der Waals surface area contributed by atoms with Gasteiger partial charge < -0.3 is 14.6 Å². The highest BCUT2D eigenvalue weighted by molar-refractivity contribution is 5.96. The predicted octanol–water partition coefficient (Wildman–Crippen LogP) is 3.16. The summed E-state index contributed by atoms with van der Waals surface area (Å²) < 4.78 is 20.5. The minimum Gasteiger partial charge on any atom is -0.372 e. The number of hydrogen-bond acceptors (Lipinski definition) is 5. The molecule has 0 unspecified atom stereocenters. The minimum atomic E-state index is -0.783. The Morgan fingerprint density at radius 3 is 2.59 bits per heavy atom. The number of H-pyrrole nitrogens is 1. The Bertz CT molecular complexity index is 1410. The third-order valence-electron chi connectivity index (χ3n) is 5.39. The van der Waals surface area contributed by atoms with E-state index in [0.717, 1.165) is 0 Å². The van der Waals surface area contributed by atoms with Crippen LogP contribution in [0.4, 0.5) is 9.18 Å². The van der Waals surface area contributed by atoms with Crippen molar-refractivity contribution >= 4 is 17.7 Å². The molecule has 160 valence electrons. The third-order valence-corrected chi connectivity index (χ3v) is 5.39. The second-order valence-corrected chi connectivity index (χ2v) is 7.38. The minimum absolute atomic E-state index is 0.0875. The van der Waals surface area contributed by atoms with E-state index in [-0.39, 0.29) is 24.2 Å². The molecule has 0 radical (unpaired) electrons. The SMILES string of the molecule is O=C(OC(=O)N1CCc2[nH]c(=O)n3cc(-c4ccccc4F)nc3c2C1)c1ccccc1. The number of fused-ring (bicyclic) bond motifs is 3. The van der Waals surface area contributed by atoms with Gasteiger partial charge in [-0.2, -0.15) is 0 Å². The van der Waals surface area contributed by atoms with E-state index in [2.05, 4.69) is 9.97 Å². The van der Waals surface area contributed by atoms with Gasteiger partial charge in [0.15, 0.2) is 0 Å². The van der Waals surface area contributed by atoms with E-state index in [1.165, 1.54) is 21.6 Å². The Morgan fingerprint density at radius 1 is 1.06 bits per heavy atom. The average molecular weight is 432 g/mol. The highest BCUT2D eigenvalue weighted by Crippen LogP contribution is 2.26. The van der Waals surface area contributed by atoms with Gasteiger partial charge in [-0.1, -0.05) is 30.3 Å². The van der Waals surface area contributed by atoms with Crippen molar-refractivity contribution < 1.29 is 18.7 Å². The van der Waals surface area contributed by atoms with Crippen molar-refractivity contribution in [3.8, 4) is 11.3 Å². The summed E-state index contributed by atoms with van der Waals surface area (Å²) in [4.78, 5) is 46.0. The van der Waals surface area contributed by atoms with Crippen molar-refractivity contribution in [2.24, 2.45) is 0 Å². The standard InChI is InChI=1S/C23H17FN4O4/c24-17-9-5-4-8-15(17)19-13-28-20(25-19)16-12-27(11-10-18(16)26-22(28)30)23(31)32-21(29)14-6-2-1-3-7-14/h1-9,13H,10-12H2,(H,26,30). The number of nitrogens with zero attached hydrogens (tertiary/aromatic N) is 3. The highest BCUT2D eigenvalue weighted by atomic mass is 19.1. The van der Waals surface area contributed by atoms with Crippen LogP contribution in [0, 0.1) is 5.82 Å². The number of aromatic nitrogens is 3. The summed E-state index contributed by atoms with van der Waals surface area (Å²) in [5.74, 6) is -1.19. The van der Waals surface area contributed by atoms with Crippen molar-refractivity contribution in [1.82, 2.24) is 19.3 Å². The summed E-state index contributed by atoms with van der Waals surface area (Å²) >= 11 is 0. The molecule has 1 aliphatic heterocycles. The number of aromatic amines is 1. The third kappa shape index (κ3) is 3.43. The molecule has 4 aromatic rings. The number of nitrogens with one attached hydrogen (secondary N) is 1. The molecule has 0 atom stereocenters. The van der Waals surface area contributed by atoms with Gasteiger partial charge in [-0.3, -0.25) is 4.40 Å². The molecule has 3 heterocycles. The van der Waals surface area contributed by atoms with Gasteiger partial charge in [-0.15, -0.1) is 0 Å². The topological polar surface area (TPSA) is 96.8 Å². The first-order valence-electron chi connectivity index (χ1n) is 9.95. The lowest BCUT2D eigenvalue weighted by atomic mass is 10.1. The van der Waals surface area contributed by atoms with Gasteiger partial charge in [0.2, 0.25) is 0 Å². The zero-order valence-electron chi connectivity index (χ0n) is 16.7. The maximum Gasteiger partial charge on any atom is 0.418 e. The number of rotatable bonds is 2. The second-order valence-electron chi connectivity index (χ2n) is 7.38. The Balaban J connectivity index is 1.46. The lowest BCUT2D eigenvalue weighted by Gasteiger charge is -2.27. The Morgan fingerprint density at radius 2 is 1.81 bits per heavy atom. The fourth-order valence-corrected chi connectivity index (χ4v) is 3.78. The van der Waals surface area contributed by atoms with Gasteiger partial charge in [0, 0.05) is 36.0 Å². The lowest BCUT2D eigenvalue weighted by molar-refractivity contribution is 0.0531. The molecular weight excluding hydrogens is 415 g/mol. The summed E-state index contributed by atoms with van der Waals surface area (Å²) in [7, 11) is 0. The molecule has 0 spiro atoms. The number of carbonyl (C=O) groups excluding carboxylic acids is 2. The average Bonchev–Trinajstić information content (AvgIpc) is 3.26. The molecule has 1 amide bonds. The van der Waals surface area contributed by atoms with Crippen LogP contribution in [0.5, 0.6) is 0 Å². The van der Waals surface area contributed by atoms with Crippen LogP contribution in [-0.4, -0.2) is 37.9 Å². The van der Waals surface area contributed by atoms with Crippen molar-refractivity contribution in [2.45, 2.75) is 13.0 Å². The van der Waals surface area contributed by atoms with Crippen LogP contribution in [0.15, 0.2) is 65.6 Å². The Hall–Kier alpha value is -4.27. The largest absolute Gasteiger partial charge is 0.418 e. The number of amides is 1. The maximum absolute atomic E-state index is 14.2. The van der Waals surface area contributed by atoms with Gasteiger partial charge in [-0.25, -0.2) is 23.8 Å². The quantitative estimate of drug-likeness (QED) is 0.388. The molecule has 0 fully saturated rings. The molecule has 1 aliphatic rings. The molecule has 2 aromatic carbocycles. The van der Waals surface area contributed by atoms with Crippen molar-refractivity contribution in [3.63, 3.8) is 0 Å². The van der Waals surface area contributed by atoms with E-state index < -0.39 is 23.6 Å². The summed E-state index contributed by atoms with van der Waals surface area (Å²) in [5.41, 5.74) is 2.03. The number of esters is 1. The number of imidazole rings is 1. The molecule has 8 nitrogen and oxygen atoms in total. The predicted molar refractivity (Wildman–Crippen MR) is 113 cm³/mol. The van der Waals surface area contributed by atoms with Gasteiger partial charge >= 0.3 is 17.8 Å². The normalized spacial score (nSPS) is 13.1. The van der Waals surface area contributed by atoms with E-state index in [9.17, 15) is 18.8 Å². The zero-order chi connectivity index (χ0) is 22.2. The zero-order valence-corrected chi connectivity index (χ0v) is 16.7. The molecule has 0 saturated carbocycles. The summed E-state index contributed by atoms with van der Waals surface area (Å²) in [6.07, 6.45) is 1.04. The molecule has 32 heavy (non-hydrogen) atoms. The Kier molecular flexibility index (Phi) is 4.78. The molecule has 1 N–H and O–H groups in total. The summed E-state index contributed by atoms with van der Waals surface area (Å²) in [6, 6.07) is 14.4. The van der Waals surface area contributed by atoms with Crippen molar-refractivity contribution in [2.75, 3.05) is 6.54 Å². The van der Waals surface area contributed by atoms with Crippen LogP contribution >= 0.6 is 0 Å². The number of hydrogen-bond donors (Lipinski definition) is 1. The second kappa shape index (κ2) is 7.77. The number of benzene rings is 2. The van der Waals surface area contributed by atoms with Gasteiger partial charge in [0.1, 0.15) is 11.5 Å². The molecular formula is C23H17FN4O4. The van der Waals surface area contributed by atoms with Crippen molar-refractivity contribution in [3.05, 3.63) is 93.9 Å². The van der Waals surface area contributed by atoms with E-state index in [4.69, 9.17) is 4.74 Å². The summed E-state index contributed by atoms with van der Waals surface area (Å²) in [6.45, 7) is 0.352.